The van der Waals surface area contributed by atoms with Crippen molar-refractivity contribution in [3.63, 3.8) is 0 Å². The van der Waals surface area contributed by atoms with Crippen molar-refractivity contribution in [3.8, 4) is 11.5 Å². The molecule has 5 heteroatoms. The van der Waals surface area contributed by atoms with Crippen molar-refractivity contribution < 1.29 is 9.53 Å². The van der Waals surface area contributed by atoms with Gasteiger partial charge >= 0.3 is 0 Å². The summed E-state index contributed by atoms with van der Waals surface area (Å²) in [6.07, 6.45) is 8.38. The van der Waals surface area contributed by atoms with Gasteiger partial charge in [0.25, 0.3) is 5.91 Å². The van der Waals surface area contributed by atoms with Crippen molar-refractivity contribution in [2.45, 2.75) is 25.7 Å². The average Bonchev–Trinajstić information content (AvgIpc) is 3.06. The number of para-hydroxylation sites is 1. The Morgan fingerprint density at radius 2 is 1.55 bits per heavy atom. The highest BCUT2D eigenvalue weighted by atomic mass is 16.5. The van der Waals surface area contributed by atoms with Crippen molar-refractivity contribution in [2.24, 2.45) is 0 Å². The van der Waals surface area contributed by atoms with Crippen LogP contribution in [0.5, 0.6) is 11.5 Å². The number of ether oxygens (including phenoxy) is 1. The minimum Gasteiger partial charge on any atom is -0.457 e. The number of nitrogens with one attached hydrogen (secondary N) is 1. The Bertz CT molecular complexity index is 934. The number of carbonyl (C=O) groups excluding carboxylic acids is 1. The molecular formula is C24H25N3O2. The number of rotatable bonds is 5. The van der Waals surface area contributed by atoms with Gasteiger partial charge < -0.3 is 15.0 Å². The topological polar surface area (TPSA) is 54.5 Å². The molecule has 1 fully saturated rings. The van der Waals surface area contributed by atoms with Crippen molar-refractivity contribution in [1.82, 2.24) is 4.98 Å². The molecule has 0 aliphatic carbocycles. The number of benzene rings is 2. The first kappa shape index (κ1) is 19.0. The maximum Gasteiger partial charge on any atom is 0.257 e. The van der Waals surface area contributed by atoms with Crippen LogP contribution in [0.25, 0.3) is 0 Å². The largest absolute Gasteiger partial charge is 0.457 e. The summed E-state index contributed by atoms with van der Waals surface area (Å²) in [5, 5.41) is 2.94. The Morgan fingerprint density at radius 3 is 2.28 bits per heavy atom. The first-order chi connectivity index (χ1) is 14.3. The van der Waals surface area contributed by atoms with Crippen LogP contribution in [0.1, 0.15) is 36.0 Å². The van der Waals surface area contributed by atoms with Gasteiger partial charge in [0.2, 0.25) is 0 Å². The molecule has 0 atom stereocenters. The summed E-state index contributed by atoms with van der Waals surface area (Å²) in [7, 11) is 0. The van der Waals surface area contributed by atoms with Gasteiger partial charge in [0.1, 0.15) is 11.5 Å². The average molecular weight is 387 g/mol. The monoisotopic (exact) mass is 387 g/mol. The SMILES string of the molecule is O=C(Nc1ccc(Oc2ccccc2)cc1)c1cncc(N2CCCCCC2)c1. The molecule has 1 aliphatic heterocycles. The fourth-order valence-electron chi connectivity index (χ4n) is 3.49. The fourth-order valence-corrected chi connectivity index (χ4v) is 3.49. The van der Waals surface area contributed by atoms with Gasteiger partial charge in [-0.15, -0.1) is 0 Å². The number of hydrogen-bond donors (Lipinski definition) is 1. The van der Waals surface area contributed by atoms with Gasteiger partial charge in [0.05, 0.1) is 17.4 Å². The lowest BCUT2D eigenvalue weighted by atomic mass is 10.2. The van der Waals surface area contributed by atoms with E-state index < -0.39 is 0 Å². The van der Waals surface area contributed by atoms with Crippen LogP contribution in [0.2, 0.25) is 0 Å². The molecule has 0 radical (unpaired) electrons. The minimum atomic E-state index is -0.161. The summed E-state index contributed by atoms with van der Waals surface area (Å²) in [6.45, 7) is 2.05. The molecule has 0 spiro atoms. The Balaban J connectivity index is 1.40. The number of hydrogen-bond acceptors (Lipinski definition) is 4. The lowest BCUT2D eigenvalue weighted by Crippen LogP contribution is -2.24. The Labute approximate surface area is 171 Å². The number of aromatic nitrogens is 1. The normalized spacial score (nSPS) is 14.1. The molecule has 0 saturated carbocycles. The van der Waals surface area contributed by atoms with Gasteiger partial charge in [-0.3, -0.25) is 9.78 Å². The fraction of sp³-hybridized carbons (Fsp3) is 0.250. The maximum atomic E-state index is 12.7. The summed E-state index contributed by atoms with van der Waals surface area (Å²) < 4.78 is 5.79. The van der Waals surface area contributed by atoms with Crippen molar-refractivity contribution in [1.29, 1.82) is 0 Å². The molecular weight excluding hydrogens is 362 g/mol. The molecule has 1 amide bonds. The molecule has 1 aromatic heterocycles. The highest BCUT2D eigenvalue weighted by Crippen LogP contribution is 2.24. The van der Waals surface area contributed by atoms with E-state index in [1.165, 1.54) is 25.7 Å². The lowest BCUT2D eigenvalue weighted by Gasteiger charge is -2.22. The lowest BCUT2D eigenvalue weighted by molar-refractivity contribution is 0.102. The molecule has 0 bridgehead atoms. The van der Waals surface area contributed by atoms with Gasteiger partial charge in [0.15, 0.2) is 0 Å². The van der Waals surface area contributed by atoms with E-state index >= 15 is 0 Å². The summed E-state index contributed by atoms with van der Waals surface area (Å²) in [5.41, 5.74) is 2.30. The third kappa shape index (κ3) is 5.13. The Kier molecular flexibility index (Phi) is 6.05. The zero-order valence-electron chi connectivity index (χ0n) is 16.4. The van der Waals surface area contributed by atoms with E-state index in [0.717, 1.165) is 36.0 Å². The highest BCUT2D eigenvalue weighted by molar-refractivity contribution is 6.04. The highest BCUT2D eigenvalue weighted by Gasteiger charge is 2.13. The summed E-state index contributed by atoms with van der Waals surface area (Å²) in [4.78, 5) is 19.3. The minimum absolute atomic E-state index is 0.161. The van der Waals surface area contributed by atoms with Crippen LogP contribution < -0.4 is 15.0 Å². The van der Waals surface area contributed by atoms with E-state index in [2.05, 4.69) is 15.2 Å². The molecule has 3 aromatic rings. The van der Waals surface area contributed by atoms with E-state index in [4.69, 9.17) is 4.74 Å². The molecule has 29 heavy (non-hydrogen) atoms. The van der Waals surface area contributed by atoms with Gasteiger partial charge in [-0.1, -0.05) is 31.0 Å². The molecule has 1 saturated heterocycles. The molecule has 0 unspecified atom stereocenters. The predicted octanol–water partition coefficient (Wildman–Crippen LogP) is 5.51. The van der Waals surface area contributed by atoms with Crippen LogP contribution in [0.4, 0.5) is 11.4 Å². The number of anilines is 2. The smallest absolute Gasteiger partial charge is 0.257 e. The molecule has 1 N–H and O–H groups in total. The number of nitrogens with zero attached hydrogens (tertiary/aromatic N) is 2. The van der Waals surface area contributed by atoms with Crippen molar-refractivity contribution in [3.05, 3.63) is 78.6 Å². The standard InChI is InChI=1S/C24H25N3O2/c28-24(19-16-21(18-25-17-19)27-14-6-1-2-7-15-27)26-20-10-12-23(13-11-20)29-22-8-4-3-5-9-22/h3-5,8-13,16-18H,1-2,6-7,14-15H2,(H,26,28). The van der Waals surface area contributed by atoms with Gasteiger partial charge in [0, 0.05) is 25.0 Å². The van der Waals surface area contributed by atoms with Gasteiger partial charge in [-0.2, -0.15) is 0 Å². The van der Waals surface area contributed by atoms with Crippen LogP contribution in [0.15, 0.2) is 73.1 Å². The third-order valence-corrected chi connectivity index (χ3v) is 5.05. The first-order valence-electron chi connectivity index (χ1n) is 10.1. The molecule has 4 rings (SSSR count). The molecule has 2 heterocycles. The number of pyridine rings is 1. The maximum absolute atomic E-state index is 12.7. The van der Waals surface area contributed by atoms with Crippen molar-refractivity contribution >= 4 is 17.3 Å². The second-order valence-electron chi connectivity index (χ2n) is 7.23. The number of amides is 1. The zero-order valence-corrected chi connectivity index (χ0v) is 16.4. The van der Waals surface area contributed by atoms with Crippen LogP contribution in [0.3, 0.4) is 0 Å². The van der Waals surface area contributed by atoms with Gasteiger partial charge in [-0.25, -0.2) is 0 Å². The molecule has 2 aromatic carbocycles. The van der Waals surface area contributed by atoms with E-state index in [-0.39, 0.29) is 5.91 Å². The van der Waals surface area contributed by atoms with Crippen LogP contribution in [-0.4, -0.2) is 24.0 Å². The predicted molar refractivity (Wildman–Crippen MR) is 116 cm³/mol. The molecule has 1 aliphatic rings. The van der Waals surface area contributed by atoms with E-state index in [1.807, 2.05) is 66.9 Å². The quantitative estimate of drug-likeness (QED) is 0.627. The third-order valence-electron chi connectivity index (χ3n) is 5.05. The van der Waals surface area contributed by atoms with Crippen LogP contribution in [-0.2, 0) is 0 Å². The van der Waals surface area contributed by atoms with Gasteiger partial charge in [-0.05, 0) is 55.3 Å². The summed E-state index contributed by atoms with van der Waals surface area (Å²) in [6, 6.07) is 18.9. The van der Waals surface area contributed by atoms with E-state index in [0.29, 0.717) is 5.56 Å². The first-order valence-corrected chi connectivity index (χ1v) is 10.1. The number of carbonyl (C=O) groups is 1. The second kappa shape index (κ2) is 9.24. The second-order valence-corrected chi connectivity index (χ2v) is 7.23. The zero-order chi connectivity index (χ0) is 19.9. The van der Waals surface area contributed by atoms with Crippen molar-refractivity contribution in [2.75, 3.05) is 23.3 Å². The van der Waals surface area contributed by atoms with E-state index in [1.54, 1.807) is 6.20 Å². The van der Waals surface area contributed by atoms with E-state index in [9.17, 15) is 4.79 Å². The summed E-state index contributed by atoms with van der Waals surface area (Å²) in [5.74, 6) is 1.34. The Hall–Kier alpha value is -3.34. The Morgan fingerprint density at radius 1 is 0.862 bits per heavy atom. The summed E-state index contributed by atoms with van der Waals surface area (Å²) >= 11 is 0. The molecule has 148 valence electrons. The van der Waals surface area contributed by atoms with Crippen LogP contribution in [0, 0.1) is 0 Å². The van der Waals surface area contributed by atoms with Crippen LogP contribution >= 0.6 is 0 Å². The molecule has 5 nitrogen and oxygen atoms in total.